The zero-order chi connectivity index (χ0) is 9.97. The first-order chi connectivity index (χ1) is 6.81. The molecule has 1 fully saturated rings. The van der Waals surface area contributed by atoms with Gasteiger partial charge in [-0.05, 0) is 50.4 Å². The maximum absolute atomic E-state index is 5.27. The number of methoxy groups -OCH3 is 1. The minimum absolute atomic E-state index is 0.747. The molecule has 0 aliphatic carbocycles. The monoisotopic (exact) mass is 211 g/mol. The van der Waals surface area contributed by atoms with Crippen molar-refractivity contribution in [1.82, 2.24) is 5.32 Å². The Morgan fingerprint density at radius 3 is 2.71 bits per heavy atom. The van der Waals surface area contributed by atoms with E-state index in [0.29, 0.717) is 0 Å². The zero-order valence-electron chi connectivity index (χ0n) is 8.80. The Bertz CT molecular complexity index is 302. The number of aryl methyl sites for hydroxylation is 1. The molecule has 0 spiro atoms. The summed E-state index contributed by atoms with van der Waals surface area (Å²) in [7, 11) is 1.75. The average molecular weight is 211 g/mol. The number of nitrogens with one attached hydrogen (secondary N) is 1. The van der Waals surface area contributed by atoms with Gasteiger partial charge in [-0.25, -0.2) is 0 Å². The lowest BCUT2D eigenvalue weighted by molar-refractivity contribution is 0.424. The first-order valence-corrected chi connectivity index (χ1v) is 5.98. The lowest BCUT2D eigenvalue weighted by atomic mass is 9.91. The van der Waals surface area contributed by atoms with Crippen molar-refractivity contribution in [2.24, 2.45) is 0 Å². The fraction of sp³-hybridized carbons (Fsp3) is 0.636. The summed E-state index contributed by atoms with van der Waals surface area (Å²) >= 11 is 1.77. The number of thiophene rings is 1. The molecule has 3 heteroatoms. The second-order valence-corrected chi connectivity index (χ2v) is 5.02. The van der Waals surface area contributed by atoms with Crippen LogP contribution in [0.4, 0.5) is 0 Å². The number of ether oxygens (including phenoxy) is 1. The van der Waals surface area contributed by atoms with Gasteiger partial charge in [0.25, 0.3) is 0 Å². The number of piperidine rings is 1. The molecule has 1 N–H and O–H groups in total. The summed E-state index contributed by atoms with van der Waals surface area (Å²) in [6, 6.07) is 2.22. The van der Waals surface area contributed by atoms with Gasteiger partial charge in [0, 0.05) is 4.88 Å². The second kappa shape index (κ2) is 4.32. The first kappa shape index (κ1) is 9.99. The van der Waals surface area contributed by atoms with Crippen LogP contribution < -0.4 is 10.1 Å². The third-order valence-electron chi connectivity index (χ3n) is 2.91. The number of hydrogen-bond donors (Lipinski definition) is 1. The summed E-state index contributed by atoms with van der Waals surface area (Å²) in [5, 5.41) is 4.45. The van der Waals surface area contributed by atoms with Crippen LogP contribution in [-0.4, -0.2) is 20.2 Å². The van der Waals surface area contributed by atoms with E-state index < -0.39 is 0 Å². The summed E-state index contributed by atoms with van der Waals surface area (Å²) in [5.41, 5.74) is 1.51. The standard InChI is InChI=1S/C11H17NOS/c1-8-10(7-11(13-2)14-8)9-3-5-12-6-4-9/h7,9,12H,3-6H2,1-2H3. The molecular formula is C11H17NOS. The molecule has 0 atom stereocenters. The highest BCUT2D eigenvalue weighted by atomic mass is 32.1. The molecule has 78 valence electrons. The smallest absolute Gasteiger partial charge is 0.173 e. The average Bonchev–Trinajstić information content (AvgIpc) is 2.61. The van der Waals surface area contributed by atoms with Crippen molar-refractivity contribution in [3.05, 3.63) is 16.5 Å². The fourth-order valence-corrected chi connectivity index (χ4v) is 3.02. The summed E-state index contributed by atoms with van der Waals surface area (Å²) in [5.74, 6) is 0.747. The van der Waals surface area contributed by atoms with Crippen LogP contribution in [0.1, 0.15) is 29.2 Å². The highest BCUT2D eigenvalue weighted by Gasteiger charge is 2.19. The Labute approximate surface area is 89.3 Å². The summed E-state index contributed by atoms with van der Waals surface area (Å²) in [4.78, 5) is 1.42. The van der Waals surface area contributed by atoms with Gasteiger partial charge < -0.3 is 10.1 Å². The maximum Gasteiger partial charge on any atom is 0.173 e. The van der Waals surface area contributed by atoms with E-state index in [9.17, 15) is 0 Å². The quantitative estimate of drug-likeness (QED) is 0.811. The van der Waals surface area contributed by atoms with Gasteiger partial charge in [-0.1, -0.05) is 0 Å². The lowest BCUT2D eigenvalue weighted by Gasteiger charge is -2.22. The third-order valence-corrected chi connectivity index (χ3v) is 3.94. The van der Waals surface area contributed by atoms with E-state index in [4.69, 9.17) is 4.74 Å². The Balaban J connectivity index is 2.17. The predicted molar refractivity (Wildman–Crippen MR) is 60.5 cm³/mol. The van der Waals surface area contributed by atoms with E-state index >= 15 is 0 Å². The molecule has 0 unspecified atom stereocenters. The van der Waals surface area contributed by atoms with Crippen molar-refractivity contribution < 1.29 is 4.74 Å². The van der Waals surface area contributed by atoms with E-state index in [-0.39, 0.29) is 0 Å². The van der Waals surface area contributed by atoms with Crippen molar-refractivity contribution in [1.29, 1.82) is 0 Å². The SMILES string of the molecule is COc1cc(C2CCNCC2)c(C)s1. The molecule has 1 aliphatic heterocycles. The zero-order valence-corrected chi connectivity index (χ0v) is 9.62. The molecule has 0 saturated carbocycles. The van der Waals surface area contributed by atoms with Crippen LogP contribution in [0, 0.1) is 6.92 Å². The van der Waals surface area contributed by atoms with Gasteiger partial charge >= 0.3 is 0 Å². The van der Waals surface area contributed by atoms with Gasteiger partial charge in [0.15, 0.2) is 5.06 Å². The van der Waals surface area contributed by atoms with Crippen LogP contribution in [0.25, 0.3) is 0 Å². The van der Waals surface area contributed by atoms with Crippen LogP contribution >= 0.6 is 11.3 Å². The molecule has 1 aromatic heterocycles. The van der Waals surface area contributed by atoms with E-state index in [0.717, 1.165) is 24.1 Å². The molecule has 2 rings (SSSR count). The Kier molecular flexibility index (Phi) is 3.08. The van der Waals surface area contributed by atoms with Crippen LogP contribution in [0.15, 0.2) is 6.07 Å². The van der Waals surface area contributed by atoms with E-state index in [1.807, 2.05) is 0 Å². The van der Waals surface area contributed by atoms with Crippen molar-refractivity contribution in [3.63, 3.8) is 0 Å². The molecule has 1 aliphatic rings. The van der Waals surface area contributed by atoms with E-state index in [1.54, 1.807) is 18.4 Å². The molecule has 1 aromatic rings. The lowest BCUT2D eigenvalue weighted by Crippen LogP contribution is -2.26. The normalized spacial score (nSPS) is 18.4. The predicted octanol–water partition coefficient (Wildman–Crippen LogP) is 2.53. The van der Waals surface area contributed by atoms with Gasteiger partial charge in [0.2, 0.25) is 0 Å². The molecule has 0 amide bonds. The van der Waals surface area contributed by atoms with Gasteiger partial charge in [-0.15, -0.1) is 11.3 Å². The number of rotatable bonds is 2. The molecule has 0 bridgehead atoms. The van der Waals surface area contributed by atoms with Crippen molar-refractivity contribution in [2.75, 3.05) is 20.2 Å². The van der Waals surface area contributed by atoms with Crippen molar-refractivity contribution >= 4 is 11.3 Å². The third kappa shape index (κ3) is 1.93. The first-order valence-electron chi connectivity index (χ1n) is 5.16. The maximum atomic E-state index is 5.27. The molecule has 0 radical (unpaired) electrons. The molecule has 2 nitrogen and oxygen atoms in total. The van der Waals surface area contributed by atoms with Gasteiger partial charge in [-0.2, -0.15) is 0 Å². The van der Waals surface area contributed by atoms with E-state index in [2.05, 4.69) is 18.3 Å². The molecule has 1 saturated heterocycles. The topological polar surface area (TPSA) is 21.3 Å². The molecular weight excluding hydrogens is 194 g/mol. The van der Waals surface area contributed by atoms with Crippen LogP contribution in [0.5, 0.6) is 5.06 Å². The van der Waals surface area contributed by atoms with Crippen molar-refractivity contribution in [2.45, 2.75) is 25.7 Å². The van der Waals surface area contributed by atoms with E-state index in [1.165, 1.54) is 23.3 Å². The largest absolute Gasteiger partial charge is 0.487 e. The van der Waals surface area contributed by atoms with Gasteiger partial charge in [0.05, 0.1) is 7.11 Å². The fourth-order valence-electron chi connectivity index (χ4n) is 2.11. The highest BCUT2D eigenvalue weighted by molar-refractivity contribution is 7.13. The molecule has 0 aromatic carbocycles. The van der Waals surface area contributed by atoms with Gasteiger partial charge in [-0.3, -0.25) is 0 Å². The Morgan fingerprint density at radius 2 is 2.14 bits per heavy atom. The molecule has 14 heavy (non-hydrogen) atoms. The van der Waals surface area contributed by atoms with Gasteiger partial charge in [0.1, 0.15) is 0 Å². The summed E-state index contributed by atoms with van der Waals surface area (Å²) in [6.07, 6.45) is 2.53. The highest BCUT2D eigenvalue weighted by Crippen LogP contribution is 2.36. The van der Waals surface area contributed by atoms with Crippen LogP contribution in [0.3, 0.4) is 0 Å². The number of hydrogen-bond acceptors (Lipinski definition) is 3. The summed E-state index contributed by atoms with van der Waals surface area (Å²) < 4.78 is 5.27. The minimum atomic E-state index is 0.747. The summed E-state index contributed by atoms with van der Waals surface area (Å²) in [6.45, 7) is 4.51. The van der Waals surface area contributed by atoms with Crippen LogP contribution in [0.2, 0.25) is 0 Å². The Hall–Kier alpha value is -0.540. The van der Waals surface area contributed by atoms with Crippen molar-refractivity contribution in [3.8, 4) is 5.06 Å². The molecule has 2 heterocycles. The van der Waals surface area contributed by atoms with Crippen LogP contribution in [-0.2, 0) is 0 Å². The second-order valence-electron chi connectivity index (χ2n) is 3.81. The Morgan fingerprint density at radius 1 is 1.43 bits per heavy atom. The minimum Gasteiger partial charge on any atom is -0.487 e.